The molecule has 0 bridgehead atoms. The summed E-state index contributed by atoms with van der Waals surface area (Å²) >= 11 is 0. The van der Waals surface area contributed by atoms with Crippen molar-refractivity contribution in [1.82, 2.24) is 4.57 Å². The molecule has 0 saturated heterocycles. The molecular weight excluding hydrogens is 252 g/mol. The first kappa shape index (κ1) is 12.2. The smallest absolute Gasteiger partial charge is 0.255 e. The summed E-state index contributed by atoms with van der Waals surface area (Å²) in [4.78, 5) is 23.3. The number of nitrogens with two attached hydrogens (primary N) is 1. The van der Waals surface area contributed by atoms with Crippen LogP contribution < -0.4 is 11.3 Å². The van der Waals surface area contributed by atoms with Crippen LogP contribution in [0.3, 0.4) is 0 Å². The van der Waals surface area contributed by atoms with E-state index in [1.165, 1.54) is 6.07 Å². The lowest BCUT2D eigenvalue weighted by Gasteiger charge is -2.10. The fraction of sp³-hybridized carbons (Fsp3) is 0. The number of nitrogens with zero attached hydrogens (tertiary/aromatic N) is 1. The third kappa shape index (κ3) is 1.97. The molecule has 0 aliphatic heterocycles. The summed E-state index contributed by atoms with van der Waals surface area (Å²) in [5.41, 5.74) is 7.12. The average molecular weight is 264 g/mol. The Bertz CT molecular complexity index is 851. The minimum Gasteiger partial charge on any atom is -0.366 e. The van der Waals surface area contributed by atoms with Gasteiger partial charge in [-0.1, -0.05) is 18.2 Å². The summed E-state index contributed by atoms with van der Waals surface area (Å²) in [6.07, 6.45) is 0. The van der Waals surface area contributed by atoms with Crippen molar-refractivity contribution < 1.29 is 4.79 Å². The van der Waals surface area contributed by atoms with Crippen molar-refractivity contribution in [3.63, 3.8) is 0 Å². The van der Waals surface area contributed by atoms with E-state index in [1.807, 2.05) is 30.3 Å². The van der Waals surface area contributed by atoms with Crippen LogP contribution in [0.1, 0.15) is 10.4 Å². The van der Waals surface area contributed by atoms with E-state index >= 15 is 0 Å². The lowest BCUT2D eigenvalue weighted by atomic mass is 10.1. The standard InChI is InChI=1S/C16H12N2O2/c17-16(20)12-6-8-14-11(10-12)7-9-15(19)18(14)13-4-2-1-3-5-13/h1-10H,(H2,17,20). The van der Waals surface area contributed by atoms with E-state index in [1.54, 1.807) is 28.8 Å². The molecule has 20 heavy (non-hydrogen) atoms. The molecule has 1 amide bonds. The molecule has 0 aliphatic rings. The van der Waals surface area contributed by atoms with Gasteiger partial charge in [0.25, 0.3) is 5.56 Å². The highest BCUT2D eigenvalue weighted by Crippen LogP contribution is 2.17. The monoisotopic (exact) mass is 264 g/mol. The number of primary amides is 1. The van der Waals surface area contributed by atoms with Crippen LogP contribution >= 0.6 is 0 Å². The minimum atomic E-state index is -0.482. The molecule has 3 rings (SSSR count). The van der Waals surface area contributed by atoms with E-state index in [-0.39, 0.29) is 5.56 Å². The van der Waals surface area contributed by atoms with Gasteiger partial charge in [-0.25, -0.2) is 0 Å². The molecule has 0 saturated carbocycles. The fourth-order valence-electron chi connectivity index (χ4n) is 2.24. The van der Waals surface area contributed by atoms with E-state index in [4.69, 9.17) is 5.73 Å². The Morgan fingerprint density at radius 1 is 0.950 bits per heavy atom. The van der Waals surface area contributed by atoms with Crippen molar-refractivity contribution >= 4 is 16.8 Å². The van der Waals surface area contributed by atoms with Gasteiger partial charge in [-0.3, -0.25) is 14.2 Å². The molecule has 0 spiro atoms. The van der Waals surface area contributed by atoms with Crippen LogP contribution in [0.5, 0.6) is 0 Å². The van der Waals surface area contributed by atoms with Gasteiger partial charge >= 0.3 is 0 Å². The Morgan fingerprint density at radius 3 is 2.40 bits per heavy atom. The van der Waals surface area contributed by atoms with Crippen LogP contribution in [0, 0.1) is 0 Å². The Hall–Kier alpha value is -2.88. The summed E-state index contributed by atoms with van der Waals surface area (Å²) < 4.78 is 1.61. The number of carbonyl (C=O) groups is 1. The molecule has 0 unspecified atom stereocenters. The second-order valence-electron chi connectivity index (χ2n) is 4.48. The van der Waals surface area contributed by atoms with Crippen molar-refractivity contribution in [3.05, 3.63) is 76.6 Å². The molecule has 0 atom stereocenters. The predicted octanol–water partition coefficient (Wildman–Crippen LogP) is 2.09. The van der Waals surface area contributed by atoms with Gasteiger partial charge in [0.15, 0.2) is 0 Å². The average Bonchev–Trinajstić information content (AvgIpc) is 2.47. The van der Waals surface area contributed by atoms with Crippen molar-refractivity contribution in [2.45, 2.75) is 0 Å². The molecular formula is C16H12N2O2. The first-order chi connectivity index (χ1) is 9.66. The highest BCUT2D eigenvalue weighted by molar-refractivity contribution is 5.97. The van der Waals surface area contributed by atoms with Gasteiger partial charge < -0.3 is 5.73 Å². The number of aromatic nitrogens is 1. The lowest BCUT2D eigenvalue weighted by molar-refractivity contribution is 0.100. The number of rotatable bonds is 2. The molecule has 0 aliphatic carbocycles. The third-order valence-electron chi connectivity index (χ3n) is 3.19. The summed E-state index contributed by atoms with van der Waals surface area (Å²) in [6.45, 7) is 0. The van der Waals surface area contributed by atoms with Crippen LogP contribution in [0.2, 0.25) is 0 Å². The van der Waals surface area contributed by atoms with E-state index in [2.05, 4.69) is 0 Å². The molecule has 0 fully saturated rings. The van der Waals surface area contributed by atoms with Crippen molar-refractivity contribution in [2.75, 3.05) is 0 Å². The zero-order valence-electron chi connectivity index (χ0n) is 10.6. The van der Waals surface area contributed by atoms with Crippen LogP contribution in [0.4, 0.5) is 0 Å². The van der Waals surface area contributed by atoms with Crippen LogP contribution in [0.25, 0.3) is 16.6 Å². The summed E-state index contributed by atoms with van der Waals surface area (Å²) in [7, 11) is 0. The lowest BCUT2D eigenvalue weighted by Crippen LogP contribution is -2.17. The maximum absolute atomic E-state index is 12.1. The van der Waals surface area contributed by atoms with E-state index < -0.39 is 5.91 Å². The summed E-state index contributed by atoms with van der Waals surface area (Å²) in [6, 6.07) is 17.6. The van der Waals surface area contributed by atoms with Crippen LogP contribution in [-0.2, 0) is 0 Å². The second-order valence-corrected chi connectivity index (χ2v) is 4.48. The molecule has 1 aromatic heterocycles. The van der Waals surface area contributed by atoms with Gasteiger partial charge in [0.1, 0.15) is 0 Å². The highest BCUT2D eigenvalue weighted by Gasteiger charge is 2.07. The number of amides is 1. The highest BCUT2D eigenvalue weighted by atomic mass is 16.1. The number of hydrogen-bond donors (Lipinski definition) is 1. The first-order valence-electron chi connectivity index (χ1n) is 6.18. The minimum absolute atomic E-state index is 0.115. The Morgan fingerprint density at radius 2 is 1.70 bits per heavy atom. The SMILES string of the molecule is NC(=O)c1ccc2c(ccc(=O)n2-c2ccccc2)c1. The van der Waals surface area contributed by atoms with Gasteiger partial charge in [0.05, 0.1) is 5.52 Å². The molecule has 2 aromatic carbocycles. The van der Waals surface area contributed by atoms with Crippen molar-refractivity contribution in [3.8, 4) is 5.69 Å². The van der Waals surface area contributed by atoms with Crippen molar-refractivity contribution in [1.29, 1.82) is 0 Å². The summed E-state index contributed by atoms with van der Waals surface area (Å²) in [5.74, 6) is -0.482. The zero-order chi connectivity index (χ0) is 14.1. The predicted molar refractivity (Wildman–Crippen MR) is 78.1 cm³/mol. The maximum atomic E-state index is 12.1. The van der Waals surface area contributed by atoms with Gasteiger partial charge in [0.2, 0.25) is 5.91 Å². The number of carbonyl (C=O) groups excluding carboxylic acids is 1. The Kier molecular flexibility index (Phi) is 2.84. The van der Waals surface area contributed by atoms with Gasteiger partial charge in [-0.05, 0) is 41.8 Å². The molecule has 1 heterocycles. The van der Waals surface area contributed by atoms with E-state index in [9.17, 15) is 9.59 Å². The largest absolute Gasteiger partial charge is 0.366 e. The van der Waals surface area contributed by atoms with E-state index in [0.29, 0.717) is 5.56 Å². The van der Waals surface area contributed by atoms with E-state index in [0.717, 1.165) is 16.6 Å². The van der Waals surface area contributed by atoms with Gasteiger partial charge in [0, 0.05) is 17.3 Å². The number of para-hydroxylation sites is 1. The quantitative estimate of drug-likeness (QED) is 0.770. The molecule has 4 heteroatoms. The summed E-state index contributed by atoms with van der Waals surface area (Å²) in [5, 5.41) is 0.796. The number of fused-ring (bicyclic) bond motifs is 1. The second kappa shape index (κ2) is 4.66. The third-order valence-corrected chi connectivity index (χ3v) is 3.19. The Labute approximate surface area is 115 Å². The molecule has 4 nitrogen and oxygen atoms in total. The van der Waals surface area contributed by atoms with Gasteiger partial charge in [-0.15, -0.1) is 0 Å². The number of benzene rings is 2. The number of pyridine rings is 1. The number of hydrogen-bond acceptors (Lipinski definition) is 2. The zero-order valence-corrected chi connectivity index (χ0v) is 10.6. The van der Waals surface area contributed by atoms with Gasteiger partial charge in [-0.2, -0.15) is 0 Å². The van der Waals surface area contributed by atoms with Crippen molar-refractivity contribution in [2.24, 2.45) is 5.73 Å². The molecule has 2 N–H and O–H groups in total. The molecule has 3 aromatic rings. The Balaban J connectivity index is 2.34. The molecule has 98 valence electrons. The first-order valence-corrected chi connectivity index (χ1v) is 6.18. The van der Waals surface area contributed by atoms with Crippen LogP contribution in [0.15, 0.2) is 65.5 Å². The maximum Gasteiger partial charge on any atom is 0.255 e. The van der Waals surface area contributed by atoms with Crippen LogP contribution in [-0.4, -0.2) is 10.5 Å². The topological polar surface area (TPSA) is 65.1 Å². The normalized spacial score (nSPS) is 10.6. The fourth-order valence-corrected chi connectivity index (χ4v) is 2.24. The molecule has 0 radical (unpaired) electrons.